The highest BCUT2D eigenvalue weighted by molar-refractivity contribution is 4.85. The van der Waals surface area contributed by atoms with Gasteiger partial charge in [-0.1, -0.05) is 13.8 Å². The van der Waals surface area contributed by atoms with Gasteiger partial charge in [0.15, 0.2) is 0 Å². The van der Waals surface area contributed by atoms with Gasteiger partial charge in [0.2, 0.25) is 0 Å². The molecule has 0 spiro atoms. The van der Waals surface area contributed by atoms with Crippen molar-refractivity contribution in [3.8, 4) is 0 Å². The summed E-state index contributed by atoms with van der Waals surface area (Å²) in [6, 6.07) is 1.47. The standard InChI is InChI=1S/C16H32N2/c1-12-7-8-16(10-13(12)2)17-14(3)15-6-5-9-18(4)11-15/h12-17H,5-11H2,1-4H3. The molecule has 5 unspecified atom stereocenters. The van der Waals surface area contributed by atoms with Crippen molar-refractivity contribution in [2.45, 2.75) is 65.0 Å². The third kappa shape index (κ3) is 3.71. The molecule has 2 rings (SSSR count). The molecule has 2 aliphatic rings. The summed E-state index contributed by atoms with van der Waals surface area (Å²) in [6.45, 7) is 9.83. The normalized spacial score (nSPS) is 40.7. The summed E-state index contributed by atoms with van der Waals surface area (Å²) in [5, 5.41) is 3.93. The zero-order chi connectivity index (χ0) is 13.1. The average molecular weight is 252 g/mol. The van der Waals surface area contributed by atoms with Crippen LogP contribution in [0, 0.1) is 17.8 Å². The Kier molecular flexibility index (Phi) is 5.08. The van der Waals surface area contributed by atoms with Crippen LogP contribution >= 0.6 is 0 Å². The minimum atomic E-state index is 0.693. The van der Waals surface area contributed by atoms with E-state index in [9.17, 15) is 0 Å². The lowest BCUT2D eigenvalue weighted by atomic mass is 9.78. The molecule has 0 aromatic rings. The van der Waals surface area contributed by atoms with Crippen molar-refractivity contribution in [2.75, 3.05) is 20.1 Å². The summed E-state index contributed by atoms with van der Waals surface area (Å²) in [5.74, 6) is 2.69. The van der Waals surface area contributed by atoms with Crippen molar-refractivity contribution >= 4 is 0 Å². The van der Waals surface area contributed by atoms with Crippen LogP contribution in [-0.4, -0.2) is 37.1 Å². The summed E-state index contributed by atoms with van der Waals surface area (Å²) < 4.78 is 0. The zero-order valence-electron chi connectivity index (χ0n) is 12.8. The average Bonchev–Trinajstić information content (AvgIpc) is 2.34. The minimum absolute atomic E-state index is 0.693. The van der Waals surface area contributed by atoms with Crippen molar-refractivity contribution in [3.63, 3.8) is 0 Å². The molecule has 0 bridgehead atoms. The van der Waals surface area contributed by atoms with E-state index in [0.29, 0.717) is 6.04 Å². The van der Waals surface area contributed by atoms with Crippen LogP contribution in [0.4, 0.5) is 0 Å². The first-order valence-electron chi connectivity index (χ1n) is 8.01. The van der Waals surface area contributed by atoms with Crippen molar-refractivity contribution in [2.24, 2.45) is 17.8 Å². The maximum atomic E-state index is 3.93. The van der Waals surface area contributed by atoms with E-state index in [1.165, 1.54) is 45.2 Å². The second-order valence-corrected chi connectivity index (χ2v) is 7.08. The maximum Gasteiger partial charge on any atom is 0.00818 e. The number of rotatable bonds is 3. The molecule has 2 heteroatoms. The Morgan fingerprint density at radius 1 is 1.11 bits per heavy atom. The zero-order valence-corrected chi connectivity index (χ0v) is 12.8. The van der Waals surface area contributed by atoms with Gasteiger partial charge in [0.1, 0.15) is 0 Å². The third-order valence-corrected chi connectivity index (χ3v) is 5.46. The van der Waals surface area contributed by atoms with Crippen LogP contribution in [-0.2, 0) is 0 Å². The molecule has 18 heavy (non-hydrogen) atoms. The molecule has 1 heterocycles. The number of nitrogens with zero attached hydrogens (tertiary/aromatic N) is 1. The van der Waals surface area contributed by atoms with Crippen molar-refractivity contribution in [1.29, 1.82) is 0 Å². The van der Waals surface area contributed by atoms with E-state index < -0.39 is 0 Å². The molecule has 1 aliphatic carbocycles. The highest BCUT2D eigenvalue weighted by atomic mass is 15.1. The molecule has 1 saturated heterocycles. The van der Waals surface area contributed by atoms with Crippen LogP contribution in [0.2, 0.25) is 0 Å². The van der Waals surface area contributed by atoms with E-state index >= 15 is 0 Å². The van der Waals surface area contributed by atoms with E-state index in [1.807, 2.05) is 0 Å². The van der Waals surface area contributed by atoms with Gasteiger partial charge in [-0.3, -0.25) is 0 Å². The first-order valence-corrected chi connectivity index (χ1v) is 8.01. The lowest BCUT2D eigenvalue weighted by molar-refractivity contribution is 0.153. The Bertz CT molecular complexity index is 253. The number of hydrogen-bond donors (Lipinski definition) is 1. The van der Waals surface area contributed by atoms with Gasteiger partial charge in [-0.15, -0.1) is 0 Å². The van der Waals surface area contributed by atoms with Crippen LogP contribution in [0.5, 0.6) is 0 Å². The van der Waals surface area contributed by atoms with Gasteiger partial charge in [-0.2, -0.15) is 0 Å². The second kappa shape index (κ2) is 6.38. The summed E-state index contributed by atoms with van der Waals surface area (Å²) in [5.41, 5.74) is 0. The van der Waals surface area contributed by atoms with Crippen LogP contribution in [0.25, 0.3) is 0 Å². The van der Waals surface area contributed by atoms with Crippen molar-refractivity contribution < 1.29 is 0 Å². The van der Waals surface area contributed by atoms with E-state index in [2.05, 4.69) is 38.0 Å². The Morgan fingerprint density at radius 2 is 1.89 bits per heavy atom. The third-order valence-electron chi connectivity index (χ3n) is 5.46. The number of likely N-dealkylation sites (tertiary alicyclic amines) is 1. The van der Waals surface area contributed by atoms with E-state index in [-0.39, 0.29) is 0 Å². The van der Waals surface area contributed by atoms with Gasteiger partial charge in [0.05, 0.1) is 0 Å². The highest BCUT2D eigenvalue weighted by Crippen LogP contribution is 2.30. The second-order valence-electron chi connectivity index (χ2n) is 7.08. The monoisotopic (exact) mass is 252 g/mol. The fourth-order valence-corrected chi connectivity index (χ4v) is 3.82. The van der Waals surface area contributed by atoms with Crippen LogP contribution < -0.4 is 5.32 Å². The first kappa shape index (κ1) is 14.3. The molecule has 0 aromatic heterocycles. The molecule has 1 aliphatic heterocycles. The molecular formula is C16H32N2. The van der Waals surface area contributed by atoms with E-state index in [0.717, 1.165) is 23.8 Å². The Morgan fingerprint density at radius 3 is 2.56 bits per heavy atom. The Labute approximate surface area is 114 Å². The number of hydrogen-bond acceptors (Lipinski definition) is 2. The smallest absolute Gasteiger partial charge is 0.00818 e. The summed E-state index contributed by atoms with van der Waals surface area (Å²) in [6.07, 6.45) is 6.98. The van der Waals surface area contributed by atoms with Crippen LogP contribution in [0.1, 0.15) is 52.9 Å². The molecule has 106 valence electrons. The van der Waals surface area contributed by atoms with Gasteiger partial charge in [0.25, 0.3) is 0 Å². The van der Waals surface area contributed by atoms with Gasteiger partial charge in [-0.05, 0) is 70.4 Å². The molecule has 1 saturated carbocycles. The van der Waals surface area contributed by atoms with Crippen molar-refractivity contribution in [1.82, 2.24) is 10.2 Å². The van der Waals surface area contributed by atoms with Gasteiger partial charge >= 0.3 is 0 Å². The summed E-state index contributed by atoms with van der Waals surface area (Å²) in [4.78, 5) is 2.50. The quantitative estimate of drug-likeness (QED) is 0.830. The molecule has 0 amide bonds. The van der Waals surface area contributed by atoms with Gasteiger partial charge in [0, 0.05) is 18.6 Å². The van der Waals surface area contributed by atoms with E-state index in [4.69, 9.17) is 0 Å². The van der Waals surface area contributed by atoms with Crippen LogP contribution in [0.15, 0.2) is 0 Å². The van der Waals surface area contributed by atoms with Crippen molar-refractivity contribution in [3.05, 3.63) is 0 Å². The topological polar surface area (TPSA) is 15.3 Å². The molecule has 2 nitrogen and oxygen atoms in total. The van der Waals surface area contributed by atoms with E-state index in [1.54, 1.807) is 0 Å². The number of piperidine rings is 1. The summed E-state index contributed by atoms with van der Waals surface area (Å²) in [7, 11) is 2.27. The minimum Gasteiger partial charge on any atom is -0.311 e. The van der Waals surface area contributed by atoms with Gasteiger partial charge < -0.3 is 10.2 Å². The Hall–Kier alpha value is -0.0800. The molecule has 2 fully saturated rings. The molecule has 0 aromatic carbocycles. The fraction of sp³-hybridized carbons (Fsp3) is 1.00. The fourth-order valence-electron chi connectivity index (χ4n) is 3.82. The largest absolute Gasteiger partial charge is 0.311 e. The number of nitrogens with one attached hydrogen (secondary N) is 1. The lowest BCUT2D eigenvalue weighted by Crippen LogP contribution is -2.48. The summed E-state index contributed by atoms with van der Waals surface area (Å²) >= 11 is 0. The highest BCUT2D eigenvalue weighted by Gasteiger charge is 2.28. The molecule has 5 atom stereocenters. The SMILES string of the molecule is CC1CCC(NC(C)C2CCCN(C)C2)CC1C. The Balaban J connectivity index is 1.78. The predicted octanol–water partition coefficient (Wildman–Crippen LogP) is 3.13. The molecule has 1 N–H and O–H groups in total. The van der Waals surface area contributed by atoms with Crippen LogP contribution in [0.3, 0.4) is 0 Å². The lowest BCUT2D eigenvalue weighted by Gasteiger charge is -2.38. The molecule has 0 radical (unpaired) electrons. The maximum absolute atomic E-state index is 3.93. The first-order chi connectivity index (χ1) is 8.56. The molecular weight excluding hydrogens is 220 g/mol. The van der Waals surface area contributed by atoms with Gasteiger partial charge in [-0.25, -0.2) is 0 Å². The predicted molar refractivity (Wildman–Crippen MR) is 78.8 cm³/mol.